The Morgan fingerprint density at radius 2 is 1.65 bits per heavy atom. The Hall–Kier alpha value is -3.42. The fourth-order valence-electron chi connectivity index (χ4n) is 6.07. The lowest BCUT2D eigenvalue weighted by Gasteiger charge is -2.33. The van der Waals surface area contributed by atoms with Gasteiger partial charge < -0.3 is 39.3 Å². The van der Waals surface area contributed by atoms with E-state index in [4.69, 9.17) is 34.2 Å². The maximum atomic E-state index is 13.6. The van der Waals surface area contributed by atoms with E-state index in [0.717, 1.165) is 12.0 Å². The number of hydrogen-bond donors (Lipinski definition) is 2. The molecule has 0 spiro atoms. The molecule has 1 fully saturated rings. The van der Waals surface area contributed by atoms with Crippen molar-refractivity contribution in [2.45, 2.75) is 106 Å². The second-order valence-electron chi connectivity index (χ2n) is 15.8. The first kappa shape index (κ1) is 44.7. The maximum Gasteiger partial charge on any atom is 0.414 e. The Labute approximate surface area is 310 Å². The number of ketones is 1. The van der Waals surface area contributed by atoms with Crippen molar-refractivity contribution < 1.29 is 52.7 Å². The Bertz CT molecular complexity index is 1310. The first-order valence-corrected chi connectivity index (χ1v) is 18.3. The number of ether oxygens (including phenoxy) is 6. The maximum absolute atomic E-state index is 13.6. The summed E-state index contributed by atoms with van der Waals surface area (Å²) in [5.41, 5.74) is 4.64. The lowest BCUT2D eigenvalue weighted by molar-refractivity contribution is -0.165. The Morgan fingerprint density at radius 3 is 2.23 bits per heavy atom. The molecule has 1 heterocycles. The summed E-state index contributed by atoms with van der Waals surface area (Å²) in [5, 5.41) is 9.49. The van der Waals surface area contributed by atoms with Crippen molar-refractivity contribution in [1.82, 2.24) is 4.90 Å². The molecule has 52 heavy (non-hydrogen) atoms. The van der Waals surface area contributed by atoms with E-state index in [1.807, 2.05) is 32.0 Å². The number of primary amides is 1. The van der Waals surface area contributed by atoms with Gasteiger partial charge in [0.25, 0.3) is 0 Å². The number of aliphatic hydroxyl groups excluding tert-OH is 1. The van der Waals surface area contributed by atoms with Gasteiger partial charge in [0.2, 0.25) is 12.7 Å². The van der Waals surface area contributed by atoms with Gasteiger partial charge in [0, 0.05) is 37.9 Å². The van der Waals surface area contributed by atoms with Gasteiger partial charge in [0.15, 0.2) is 11.5 Å². The standard InChI is InChI=1S/C39H64N2O11/c1-25(2)28(18-27-12-13-32(48-10)34(19-27)49-17-11-16-47-9)20-30-33(21-29(26(3)4)31(43)14-15-38(5,6)35(40)44)50-23-41(30)37(46)52-24-51-36(45)39(7,8)22-42/h12-13,19,25-26,28-30,33,42H,11,14-18,20-24H2,1-10H3,(H2,40,44)/t28-,29-,30-,33-/m0/s1. The zero-order chi connectivity index (χ0) is 39.2. The molecule has 2 rings (SSSR count). The topological polar surface area (TPSA) is 173 Å². The van der Waals surface area contributed by atoms with Crippen molar-refractivity contribution >= 4 is 23.8 Å². The highest BCUT2D eigenvalue weighted by molar-refractivity contribution is 5.84. The second-order valence-corrected chi connectivity index (χ2v) is 15.8. The van der Waals surface area contributed by atoms with Crippen LogP contribution in [0.2, 0.25) is 0 Å². The number of Topliss-reactive ketones (excluding diaryl/α,β-unsaturated/α-hetero) is 1. The van der Waals surface area contributed by atoms with Crippen LogP contribution in [0.25, 0.3) is 0 Å². The molecule has 296 valence electrons. The van der Waals surface area contributed by atoms with Crippen LogP contribution >= 0.6 is 0 Å². The first-order valence-electron chi connectivity index (χ1n) is 18.3. The molecule has 13 nitrogen and oxygen atoms in total. The van der Waals surface area contributed by atoms with E-state index in [1.165, 1.54) is 18.7 Å². The molecule has 0 saturated carbocycles. The summed E-state index contributed by atoms with van der Waals surface area (Å²) in [5.74, 6) is 0.00445. The fraction of sp³-hybridized carbons (Fsp3) is 0.744. The van der Waals surface area contributed by atoms with Gasteiger partial charge in [-0.15, -0.1) is 0 Å². The lowest BCUT2D eigenvalue weighted by atomic mass is 9.78. The number of benzene rings is 1. The number of nitrogens with two attached hydrogens (primary N) is 1. The molecule has 0 bridgehead atoms. The highest BCUT2D eigenvalue weighted by Crippen LogP contribution is 2.36. The third-order valence-electron chi connectivity index (χ3n) is 10.1. The minimum absolute atomic E-state index is 0.0165. The molecule has 2 amide bonds. The smallest absolute Gasteiger partial charge is 0.414 e. The number of nitrogens with zero attached hydrogens (tertiary/aromatic N) is 1. The van der Waals surface area contributed by atoms with Gasteiger partial charge in [0.05, 0.1) is 37.9 Å². The molecule has 13 heteroatoms. The van der Waals surface area contributed by atoms with Gasteiger partial charge in [-0.2, -0.15) is 0 Å². The molecular weight excluding hydrogens is 672 g/mol. The van der Waals surface area contributed by atoms with Crippen LogP contribution in [0, 0.1) is 34.5 Å². The minimum Gasteiger partial charge on any atom is -0.493 e. The zero-order valence-corrected chi connectivity index (χ0v) is 33.0. The fourth-order valence-corrected chi connectivity index (χ4v) is 6.07. The summed E-state index contributed by atoms with van der Waals surface area (Å²) in [7, 11) is 3.25. The molecule has 1 aromatic rings. The third kappa shape index (κ3) is 13.2. The number of carbonyl (C=O) groups excluding carboxylic acids is 4. The van der Waals surface area contributed by atoms with Crippen LogP contribution in [0.1, 0.15) is 93.1 Å². The molecule has 1 aromatic carbocycles. The average Bonchev–Trinajstić information content (AvgIpc) is 3.49. The number of amides is 2. The molecule has 0 aromatic heterocycles. The van der Waals surface area contributed by atoms with Crippen molar-refractivity contribution in [3.63, 3.8) is 0 Å². The van der Waals surface area contributed by atoms with Gasteiger partial charge >= 0.3 is 12.1 Å². The molecule has 1 aliphatic heterocycles. The van der Waals surface area contributed by atoms with Crippen molar-refractivity contribution in [2.75, 3.05) is 47.6 Å². The predicted molar refractivity (Wildman–Crippen MR) is 195 cm³/mol. The van der Waals surface area contributed by atoms with E-state index in [2.05, 4.69) is 13.8 Å². The van der Waals surface area contributed by atoms with Gasteiger partial charge in [-0.3, -0.25) is 19.3 Å². The van der Waals surface area contributed by atoms with E-state index in [0.29, 0.717) is 50.4 Å². The van der Waals surface area contributed by atoms with Crippen LogP contribution in [0.4, 0.5) is 4.79 Å². The summed E-state index contributed by atoms with van der Waals surface area (Å²) < 4.78 is 33.5. The number of methoxy groups -OCH3 is 2. The van der Waals surface area contributed by atoms with Crippen LogP contribution in [0.5, 0.6) is 11.5 Å². The summed E-state index contributed by atoms with van der Waals surface area (Å²) in [6.45, 7) is 14.7. The zero-order valence-electron chi connectivity index (χ0n) is 33.0. The van der Waals surface area contributed by atoms with Crippen molar-refractivity contribution in [3.8, 4) is 11.5 Å². The van der Waals surface area contributed by atoms with Gasteiger partial charge in [0.1, 0.15) is 12.5 Å². The average molecular weight is 737 g/mol. The Balaban J connectivity index is 2.36. The molecule has 0 aliphatic carbocycles. The SMILES string of the molecule is COCCCOc1cc(C[C@@H](C[C@H]2[C@H](C[C@H](C(=O)CCC(C)(C)C(N)=O)C(C)C)OCN2C(=O)OCOC(=O)C(C)(C)CO)C(C)C)ccc1OC. The molecule has 1 aliphatic rings. The first-order chi connectivity index (χ1) is 24.4. The monoisotopic (exact) mass is 736 g/mol. The van der Waals surface area contributed by atoms with Gasteiger partial charge in [-0.25, -0.2) is 4.79 Å². The van der Waals surface area contributed by atoms with Crippen molar-refractivity contribution in [2.24, 2.45) is 40.2 Å². The number of aliphatic hydroxyl groups is 1. The normalized spacial score (nSPS) is 17.6. The van der Waals surface area contributed by atoms with E-state index in [-0.39, 0.29) is 42.6 Å². The Kier molecular flexibility index (Phi) is 17.8. The largest absolute Gasteiger partial charge is 0.493 e. The van der Waals surface area contributed by atoms with E-state index in [1.54, 1.807) is 28.1 Å². The molecule has 4 atom stereocenters. The lowest BCUT2D eigenvalue weighted by Crippen LogP contribution is -2.43. The highest BCUT2D eigenvalue weighted by Gasteiger charge is 2.43. The molecule has 3 N–H and O–H groups in total. The van der Waals surface area contributed by atoms with E-state index >= 15 is 0 Å². The van der Waals surface area contributed by atoms with Crippen LogP contribution in [-0.2, 0) is 39.8 Å². The molecular formula is C39H64N2O11. The second kappa shape index (κ2) is 20.7. The number of rotatable bonds is 23. The van der Waals surface area contributed by atoms with Crippen LogP contribution < -0.4 is 15.2 Å². The summed E-state index contributed by atoms with van der Waals surface area (Å²) in [6, 6.07) is 5.43. The Morgan fingerprint density at radius 1 is 0.962 bits per heavy atom. The minimum atomic E-state index is -1.15. The quantitative estimate of drug-likeness (QED) is 0.0823. The number of carbonyl (C=O) groups is 4. The predicted octanol–water partition coefficient (Wildman–Crippen LogP) is 5.52. The van der Waals surface area contributed by atoms with Crippen molar-refractivity contribution in [3.05, 3.63) is 23.8 Å². The molecule has 1 saturated heterocycles. The van der Waals surface area contributed by atoms with Gasteiger partial charge in [-0.1, -0.05) is 47.6 Å². The molecule has 0 radical (unpaired) electrons. The van der Waals surface area contributed by atoms with E-state index < -0.39 is 54.3 Å². The molecule has 0 unspecified atom stereocenters. The van der Waals surface area contributed by atoms with Crippen molar-refractivity contribution in [1.29, 1.82) is 0 Å². The van der Waals surface area contributed by atoms with Gasteiger partial charge in [-0.05, 0) is 75.0 Å². The number of esters is 1. The highest BCUT2D eigenvalue weighted by atomic mass is 16.7. The van der Waals surface area contributed by atoms with E-state index in [9.17, 15) is 24.3 Å². The summed E-state index contributed by atoms with van der Waals surface area (Å²) in [6.07, 6.45) is 1.64. The van der Waals surface area contributed by atoms with Crippen LogP contribution in [0.15, 0.2) is 18.2 Å². The van der Waals surface area contributed by atoms with Crippen LogP contribution in [-0.4, -0.2) is 93.5 Å². The van der Waals surface area contributed by atoms with Crippen LogP contribution in [0.3, 0.4) is 0 Å². The number of hydrogen-bond acceptors (Lipinski definition) is 11. The summed E-state index contributed by atoms with van der Waals surface area (Å²) >= 11 is 0. The third-order valence-corrected chi connectivity index (χ3v) is 10.1. The summed E-state index contributed by atoms with van der Waals surface area (Å²) in [4.78, 5) is 53.0.